The van der Waals surface area contributed by atoms with Crippen molar-refractivity contribution in [2.45, 2.75) is 26.3 Å². The molecule has 6 heteroatoms. The van der Waals surface area contributed by atoms with Crippen LogP contribution in [-0.2, 0) is 19.1 Å². The first-order valence-electron chi connectivity index (χ1n) is 4.56. The summed E-state index contributed by atoms with van der Waals surface area (Å²) in [4.78, 5) is 32.7. The molecule has 0 saturated heterocycles. The monoisotopic (exact) mass is 216 g/mol. The molecule has 0 fully saturated rings. The molecule has 0 aromatic rings. The van der Waals surface area contributed by atoms with Gasteiger partial charge in [0.2, 0.25) is 0 Å². The number of hydrogen-bond acceptors (Lipinski definition) is 4. The van der Waals surface area contributed by atoms with Crippen LogP contribution in [0.1, 0.15) is 20.3 Å². The Hall–Kier alpha value is -1.59. The molecule has 0 saturated carbocycles. The summed E-state index contributed by atoms with van der Waals surface area (Å²) < 4.78 is 4.49. The molecule has 6 nitrogen and oxygen atoms in total. The van der Waals surface area contributed by atoms with Crippen molar-refractivity contribution in [1.82, 2.24) is 5.32 Å². The van der Waals surface area contributed by atoms with Crippen molar-refractivity contribution in [3.05, 3.63) is 0 Å². The van der Waals surface area contributed by atoms with Crippen LogP contribution < -0.4 is 11.1 Å². The summed E-state index contributed by atoms with van der Waals surface area (Å²) in [5.41, 5.74) is 4.75. The number of amides is 2. The third-order valence-electron chi connectivity index (χ3n) is 1.72. The van der Waals surface area contributed by atoms with Crippen molar-refractivity contribution >= 4 is 17.8 Å². The first-order valence-corrected chi connectivity index (χ1v) is 4.56. The summed E-state index contributed by atoms with van der Waals surface area (Å²) in [5.74, 6) is -2.50. The van der Waals surface area contributed by atoms with Crippen LogP contribution in [0.25, 0.3) is 0 Å². The lowest BCUT2D eigenvalue weighted by Gasteiger charge is -2.17. The molecule has 2 amide bonds. The lowest BCUT2D eigenvalue weighted by atomic mass is 10.0. The Bertz CT molecular complexity index is 263. The number of methoxy groups -OCH3 is 1. The van der Waals surface area contributed by atoms with Crippen LogP contribution in [0.3, 0.4) is 0 Å². The average molecular weight is 216 g/mol. The first kappa shape index (κ1) is 13.4. The SMILES string of the molecule is COC(=O)[C@H](CC(C)C)NC(=O)C(N)=O. The molecule has 1 atom stereocenters. The zero-order chi connectivity index (χ0) is 12.0. The van der Waals surface area contributed by atoms with Crippen molar-refractivity contribution in [2.24, 2.45) is 11.7 Å². The van der Waals surface area contributed by atoms with E-state index in [0.29, 0.717) is 6.42 Å². The Balaban J connectivity index is 4.44. The maximum Gasteiger partial charge on any atom is 0.328 e. The molecule has 3 N–H and O–H groups in total. The number of rotatable bonds is 4. The van der Waals surface area contributed by atoms with Crippen molar-refractivity contribution < 1.29 is 19.1 Å². The fourth-order valence-corrected chi connectivity index (χ4v) is 1.06. The average Bonchev–Trinajstić information content (AvgIpc) is 2.14. The van der Waals surface area contributed by atoms with Gasteiger partial charge in [-0.2, -0.15) is 0 Å². The molecular formula is C9H16N2O4. The second-order valence-electron chi connectivity index (χ2n) is 3.54. The van der Waals surface area contributed by atoms with Gasteiger partial charge >= 0.3 is 17.8 Å². The van der Waals surface area contributed by atoms with Gasteiger partial charge in [-0.15, -0.1) is 0 Å². The van der Waals surface area contributed by atoms with Gasteiger partial charge in [0.15, 0.2) is 0 Å². The number of carbonyl (C=O) groups excluding carboxylic acids is 3. The molecular weight excluding hydrogens is 200 g/mol. The molecule has 0 aliphatic rings. The van der Waals surface area contributed by atoms with Crippen molar-refractivity contribution in [2.75, 3.05) is 7.11 Å². The van der Waals surface area contributed by atoms with E-state index in [0.717, 1.165) is 0 Å². The van der Waals surface area contributed by atoms with Crippen LogP contribution in [0, 0.1) is 5.92 Å². The summed E-state index contributed by atoms with van der Waals surface area (Å²) >= 11 is 0. The topological polar surface area (TPSA) is 98.5 Å². The smallest absolute Gasteiger partial charge is 0.328 e. The molecule has 86 valence electrons. The van der Waals surface area contributed by atoms with Gasteiger partial charge in [0.1, 0.15) is 6.04 Å². The first-order chi connectivity index (χ1) is 6.88. The number of esters is 1. The quantitative estimate of drug-likeness (QED) is 0.473. The van der Waals surface area contributed by atoms with Crippen molar-refractivity contribution in [3.8, 4) is 0 Å². The molecule has 15 heavy (non-hydrogen) atoms. The van der Waals surface area contributed by atoms with Gasteiger partial charge < -0.3 is 15.8 Å². The second-order valence-corrected chi connectivity index (χ2v) is 3.54. The van der Waals surface area contributed by atoms with Crippen molar-refractivity contribution in [1.29, 1.82) is 0 Å². The Labute approximate surface area is 88.1 Å². The standard InChI is InChI=1S/C9H16N2O4/c1-5(2)4-6(9(14)15-3)11-8(13)7(10)12/h5-6H,4H2,1-3H3,(H2,10,12)(H,11,13)/t6-/m0/s1. The highest BCUT2D eigenvalue weighted by Crippen LogP contribution is 2.05. The zero-order valence-electron chi connectivity index (χ0n) is 9.07. The van der Waals surface area contributed by atoms with Gasteiger partial charge in [0.25, 0.3) is 0 Å². The number of hydrogen-bond donors (Lipinski definition) is 2. The van der Waals surface area contributed by atoms with E-state index >= 15 is 0 Å². The third-order valence-corrected chi connectivity index (χ3v) is 1.72. The molecule has 0 radical (unpaired) electrons. The van der Waals surface area contributed by atoms with Crippen LogP contribution in [-0.4, -0.2) is 30.9 Å². The summed E-state index contributed by atoms with van der Waals surface area (Å²) in [6.07, 6.45) is 0.395. The van der Waals surface area contributed by atoms with Crippen LogP contribution in [0.4, 0.5) is 0 Å². The molecule has 0 unspecified atom stereocenters. The molecule has 0 aliphatic carbocycles. The Morgan fingerprint density at radius 1 is 1.33 bits per heavy atom. The van der Waals surface area contributed by atoms with Gasteiger partial charge in [-0.05, 0) is 12.3 Å². The minimum atomic E-state index is -1.12. The summed E-state index contributed by atoms with van der Waals surface area (Å²) in [6.45, 7) is 3.76. The Morgan fingerprint density at radius 3 is 2.20 bits per heavy atom. The molecule has 0 rings (SSSR count). The number of primary amides is 1. The fourth-order valence-electron chi connectivity index (χ4n) is 1.06. The van der Waals surface area contributed by atoms with Gasteiger partial charge in [0.05, 0.1) is 7.11 Å². The number of ether oxygens (including phenoxy) is 1. The van der Waals surface area contributed by atoms with Gasteiger partial charge in [-0.3, -0.25) is 9.59 Å². The molecule has 0 aromatic heterocycles. The minimum absolute atomic E-state index is 0.183. The van der Waals surface area contributed by atoms with Crippen LogP contribution >= 0.6 is 0 Å². The van der Waals surface area contributed by atoms with Gasteiger partial charge in [-0.25, -0.2) is 4.79 Å². The van der Waals surface area contributed by atoms with E-state index in [4.69, 9.17) is 5.73 Å². The Morgan fingerprint density at radius 2 is 1.87 bits per heavy atom. The normalized spacial score (nSPS) is 12.0. The molecule has 0 spiro atoms. The maximum atomic E-state index is 11.2. The van der Waals surface area contributed by atoms with Crippen molar-refractivity contribution in [3.63, 3.8) is 0 Å². The summed E-state index contributed by atoms with van der Waals surface area (Å²) in [6, 6.07) is -0.824. The van der Waals surface area contributed by atoms with E-state index in [1.54, 1.807) is 0 Å². The number of nitrogens with two attached hydrogens (primary N) is 1. The van der Waals surface area contributed by atoms with Gasteiger partial charge in [-0.1, -0.05) is 13.8 Å². The third kappa shape index (κ3) is 4.99. The highest BCUT2D eigenvalue weighted by atomic mass is 16.5. The Kier molecular flexibility index (Phi) is 5.36. The van der Waals surface area contributed by atoms with Crippen LogP contribution in [0.2, 0.25) is 0 Å². The highest BCUT2D eigenvalue weighted by Gasteiger charge is 2.24. The van der Waals surface area contributed by atoms with Crippen LogP contribution in [0.5, 0.6) is 0 Å². The van der Waals surface area contributed by atoms with E-state index in [1.807, 2.05) is 13.8 Å². The lowest BCUT2D eigenvalue weighted by molar-refractivity contribution is -0.146. The maximum absolute atomic E-state index is 11.2. The largest absolute Gasteiger partial charge is 0.467 e. The zero-order valence-corrected chi connectivity index (χ0v) is 9.07. The van der Waals surface area contributed by atoms with E-state index < -0.39 is 23.8 Å². The summed E-state index contributed by atoms with van der Waals surface area (Å²) in [7, 11) is 1.21. The predicted octanol–water partition coefficient (Wildman–Crippen LogP) is -0.824. The lowest BCUT2D eigenvalue weighted by Crippen LogP contribution is -2.47. The van der Waals surface area contributed by atoms with Crippen LogP contribution in [0.15, 0.2) is 0 Å². The van der Waals surface area contributed by atoms with E-state index in [-0.39, 0.29) is 5.92 Å². The predicted molar refractivity (Wildman–Crippen MR) is 52.6 cm³/mol. The molecule has 0 aromatic carbocycles. The number of nitrogens with one attached hydrogen (secondary N) is 1. The summed E-state index contributed by atoms with van der Waals surface area (Å²) in [5, 5.41) is 2.21. The molecule has 0 heterocycles. The second kappa shape index (κ2) is 6.00. The fraction of sp³-hybridized carbons (Fsp3) is 0.667. The van der Waals surface area contributed by atoms with E-state index in [9.17, 15) is 14.4 Å². The van der Waals surface area contributed by atoms with E-state index in [2.05, 4.69) is 10.1 Å². The highest BCUT2D eigenvalue weighted by molar-refractivity contribution is 6.34. The number of carbonyl (C=O) groups is 3. The minimum Gasteiger partial charge on any atom is -0.467 e. The molecule has 0 bridgehead atoms. The molecule has 0 aliphatic heterocycles. The van der Waals surface area contributed by atoms with E-state index in [1.165, 1.54) is 7.11 Å². The van der Waals surface area contributed by atoms with Gasteiger partial charge in [0, 0.05) is 0 Å².